The molecule has 74 valence electrons. The van der Waals surface area contributed by atoms with Gasteiger partial charge in [0.15, 0.2) is 0 Å². The molecule has 3 rings (SSSR count). The van der Waals surface area contributed by atoms with Gasteiger partial charge in [0.25, 0.3) is 0 Å². The Kier molecular flexibility index (Phi) is 1.60. The lowest BCUT2D eigenvalue weighted by Crippen LogP contribution is -1.88. The SMILES string of the molecule is Cc1cccc2c3ccncc3n(C)c12. The van der Waals surface area contributed by atoms with E-state index >= 15 is 0 Å². The van der Waals surface area contributed by atoms with Crippen molar-refractivity contribution in [2.45, 2.75) is 6.92 Å². The van der Waals surface area contributed by atoms with E-state index in [4.69, 9.17) is 0 Å². The van der Waals surface area contributed by atoms with Crippen LogP contribution >= 0.6 is 0 Å². The fourth-order valence-corrected chi connectivity index (χ4v) is 2.32. The molecule has 0 aliphatic carbocycles. The molecule has 0 fully saturated rings. The zero-order valence-corrected chi connectivity index (χ0v) is 8.86. The van der Waals surface area contributed by atoms with E-state index in [0.717, 1.165) is 0 Å². The van der Waals surface area contributed by atoms with Crippen LogP contribution in [0.2, 0.25) is 0 Å². The molecule has 0 saturated carbocycles. The second-order valence-electron chi connectivity index (χ2n) is 3.92. The van der Waals surface area contributed by atoms with Crippen molar-refractivity contribution in [1.82, 2.24) is 9.55 Å². The summed E-state index contributed by atoms with van der Waals surface area (Å²) in [5.41, 5.74) is 3.81. The molecule has 2 aromatic heterocycles. The molecule has 0 N–H and O–H groups in total. The van der Waals surface area contributed by atoms with Crippen LogP contribution in [-0.4, -0.2) is 9.55 Å². The molecule has 0 bridgehead atoms. The first kappa shape index (κ1) is 8.48. The number of aryl methyl sites for hydroxylation is 2. The smallest absolute Gasteiger partial charge is 0.0675 e. The summed E-state index contributed by atoms with van der Waals surface area (Å²) in [4.78, 5) is 4.18. The molecule has 0 aliphatic heterocycles. The van der Waals surface area contributed by atoms with E-state index in [9.17, 15) is 0 Å². The van der Waals surface area contributed by atoms with Crippen LogP contribution < -0.4 is 0 Å². The Balaban J connectivity index is 2.69. The first-order valence-electron chi connectivity index (χ1n) is 5.07. The van der Waals surface area contributed by atoms with Gasteiger partial charge in [0, 0.05) is 24.0 Å². The van der Waals surface area contributed by atoms with Crippen molar-refractivity contribution >= 4 is 21.8 Å². The van der Waals surface area contributed by atoms with Crippen LogP contribution in [0.25, 0.3) is 21.8 Å². The van der Waals surface area contributed by atoms with Gasteiger partial charge >= 0.3 is 0 Å². The Bertz CT molecular complexity index is 650. The molecule has 0 amide bonds. The summed E-state index contributed by atoms with van der Waals surface area (Å²) in [7, 11) is 2.10. The molecule has 0 atom stereocenters. The lowest BCUT2D eigenvalue weighted by atomic mass is 10.1. The number of pyridine rings is 1. The molecule has 0 aliphatic rings. The molecule has 2 nitrogen and oxygen atoms in total. The molecular weight excluding hydrogens is 184 g/mol. The summed E-state index contributed by atoms with van der Waals surface area (Å²) in [6, 6.07) is 8.51. The standard InChI is InChI=1S/C13H12N2/c1-9-4-3-5-11-10-6-7-14-8-12(10)15(2)13(9)11/h3-8H,1-2H3. The number of benzene rings is 1. The van der Waals surface area contributed by atoms with Crippen LogP contribution in [0, 0.1) is 6.92 Å². The Labute approximate surface area is 88.2 Å². The highest BCUT2D eigenvalue weighted by Crippen LogP contribution is 2.28. The van der Waals surface area contributed by atoms with Gasteiger partial charge in [0.2, 0.25) is 0 Å². The van der Waals surface area contributed by atoms with Crippen molar-refractivity contribution < 1.29 is 0 Å². The second-order valence-corrected chi connectivity index (χ2v) is 3.92. The number of fused-ring (bicyclic) bond motifs is 3. The zero-order chi connectivity index (χ0) is 10.4. The summed E-state index contributed by atoms with van der Waals surface area (Å²) in [5.74, 6) is 0. The number of hydrogen-bond donors (Lipinski definition) is 0. The molecule has 2 heterocycles. The van der Waals surface area contributed by atoms with Gasteiger partial charge in [-0.25, -0.2) is 0 Å². The maximum absolute atomic E-state index is 4.18. The van der Waals surface area contributed by atoms with Crippen molar-refractivity contribution in [3.05, 3.63) is 42.2 Å². The largest absolute Gasteiger partial charge is 0.342 e. The molecule has 0 saturated heterocycles. The van der Waals surface area contributed by atoms with E-state index in [1.54, 1.807) is 0 Å². The van der Waals surface area contributed by atoms with Crippen LogP contribution in [0.4, 0.5) is 0 Å². The van der Waals surface area contributed by atoms with Gasteiger partial charge in [0.1, 0.15) is 0 Å². The van der Waals surface area contributed by atoms with E-state index in [2.05, 4.69) is 47.8 Å². The third kappa shape index (κ3) is 1.02. The Morgan fingerprint density at radius 3 is 2.87 bits per heavy atom. The first-order chi connectivity index (χ1) is 7.29. The topological polar surface area (TPSA) is 17.8 Å². The molecule has 15 heavy (non-hydrogen) atoms. The van der Waals surface area contributed by atoms with E-state index < -0.39 is 0 Å². The Morgan fingerprint density at radius 2 is 2.00 bits per heavy atom. The van der Waals surface area contributed by atoms with Gasteiger partial charge < -0.3 is 4.57 Å². The number of hydrogen-bond acceptors (Lipinski definition) is 1. The third-order valence-electron chi connectivity index (χ3n) is 3.02. The number of rotatable bonds is 0. The summed E-state index contributed by atoms with van der Waals surface area (Å²) in [6.07, 6.45) is 3.78. The van der Waals surface area contributed by atoms with Crippen LogP contribution in [0.15, 0.2) is 36.7 Å². The molecule has 3 aromatic rings. The van der Waals surface area contributed by atoms with Gasteiger partial charge in [0.05, 0.1) is 17.2 Å². The molecule has 2 heteroatoms. The van der Waals surface area contributed by atoms with Crippen molar-refractivity contribution in [2.24, 2.45) is 7.05 Å². The second kappa shape index (κ2) is 2.83. The van der Waals surface area contributed by atoms with Crippen molar-refractivity contribution in [3.63, 3.8) is 0 Å². The van der Waals surface area contributed by atoms with E-state index in [-0.39, 0.29) is 0 Å². The predicted molar refractivity (Wildman–Crippen MR) is 63.0 cm³/mol. The van der Waals surface area contributed by atoms with Crippen LogP contribution in [0.3, 0.4) is 0 Å². The maximum atomic E-state index is 4.18. The average Bonchev–Trinajstić information content (AvgIpc) is 2.55. The van der Waals surface area contributed by atoms with Crippen molar-refractivity contribution in [2.75, 3.05) is 0 Å². The van der Waals surface area contributed by atoms with Gasteiger partial charge in [-0.2, -0.15) is 0 Å². The monoisotopic (exact) mass is 196 g/mol. The van der Waals surface area contributed by atoms with Gasteiger partial charge in [-0.15, -0.1) is 0 Å². The summed E-state index contributed by atoms with van der Waals surface area (Å²) < 4.78 is 2.22. The summed E-state index contributed by atoms with van der Waals surface area (Å²) >= 11 is 0. The quantitative estimate of drug-likeness (QED) is 0.540. The maximum Gasteiger partial charge on any atom is 0.0675 e. The Hall–Kier alpha value is -1.83. The Morgan fingerprint density at radius 1 is 1.13 bits per heavy atom. The minimum absolute atomic E-state index is 1.20. The van der Waals surface area contributed by atoms with Crippen LogP contribution in [-0.2, 0) is 7.05 Å². The molecule has 0 radical (unpaired) electrons. The average molecular weight is 196 g/mol. The highest BCUT2D eigenvalue weighted by atomic mass is 14.9. The lowest BCUT2D eigenvalue weighted by Gasteiger charge is -2.00. The molecule has 1 aromatic carbocycles. The summed E-state index contributed by atoms with van der Waals surface area (Å²) in [5, 5.41) is 2.60. The van der Waals surface area contributed by atoms with Gasteiger partial charge in [-0.1, -0.05) is 18.2 Å². The van der Waals surface area contributed by atoms with Crippen molar-refractivity contribution in [3.8, 4) is 0 Å². The molecular formula is C13H12N2. The highest BCUT2D eigenvalue weighted by Gasteiger charge is 2.08. The fraction of sp³-hybridized carbons (Fsp3) is 0.154. The normalized spacial score (nSPS) is 11.3. The zero-order valence-electron chi connectivity index (χ0n) is 8.86. The van der Waals surface area contributed by atoms with Gasteiger partial charge in [-0.05, 0) is 18.6 Å². The summed E-state index contributed by atoms with van der Waals surface area (Å²) in [6.45, 7) is 2.15. The van der Waals surface area contributed by atoms with Crippen LogP contribution in [0.1, 0.15) is 5.56 Å². The van der Waals surface area contributed by atoms with Crippen LogP contribution in [0.5, 0.6) is 0 Å². The van der Waals surface area contributed by atoms with E-state index in [0.29, 0.717) is 0 Å². The number of nitrogens with zero attached hydrogens (tertiary/aromatic N) is 2. The van der Waals surface area contributed by atoms with E-state index in [1.807, 2.05) is 12.4 Å². The minimum atomic E-state index is 1.20. The highest BCUT2D eigenvalue weighted by molar-refractivity contribution is 6.08. The number of para-hydroxylation sites is 1. The predicted octanol–water partition coefficient (Wildman–Crippen LogP) is 3.03. The van der Waals surface area contributed by atoms with Crippen molar-refractivity contribution in [1.29, 1.82) is 0 Å². The van der Waals surface area contributed by atoms with E-state index in [1.165, 1.54) is 27.4 Å². The minimum Gasteiger partial charge on any atom is -0.342 e. The number of aromatic nitrogens is 2. The molecule has 0 spiro atoms. The fourth-order valence-electron chi connectivity index (χ4n) is 2.32. The van der Waals surface area contributed by atoms with Gasteiger partial charge in [-0.3, -0.25) is 4.98 Å². The first-order valence-corrected chi connectivity index (χ1v) is 5.07. The molecule has 0 unspecified atom stereocenters. The lowest BCUT2D eigenvalue weighted by molar-refractivity contribution is 1.00. The third-order valence-corrected chi connectivity index (χ3v) is 3.02.